The number of amides is 2. The van der Waals surface area contributed by atoms with Crippen molar-refractivity contribution in [1.29, 1.82) is 0 Å². The Morgan fingerprint density at radius 2 is 1.63 bits per heavy atom. The molecule has 112 valence electrons. The fourth-order valence-electron chi connectivity index (χ4n) is 1.59. The molecule has 19 heavy (non-hydrogen) atoms. The van der Waals surface area contributed by atoms with E-state index in [0.29, 0.717) is 12.5 Å². The van der Waals surface area contributed by atoms with E-state index in [1.54, 1.807) is 6.92 Å². The summed E-state index contributed by atoms with van der Waals surface area (Å²) in [5.41, 5.74) is 5.14. The van der Waals surface area contributed by atoms with E-state index in [9.17, 15) is 9.59 Å². The molecule has 0 heterocycles. The molecule has 0 fully saturated rings. The summed E-state index contributed by atoms with van der Waals surface area (Å²) in [6.07, 6.45) is 0.835. The minimum absolute atomic E-state index is 0.0403. The number of nitrogens with two attached hydrogens (primary N) is 1. The van der Waals surface area contributed by atoms with Gasteiger partial charge in [0.1, 0.15) is 6.04 Å². The quantitative estimate of drug-likeness (QED) is 0.674. The van der Waals surface area contributed by atoms with Gasteiger partial charge in [-0.3, -0.25) is 9.59 Å². The van der Waals surface area contributed by atoms with E-state index in [1.807, 2.05) is 20.8 Å². The summed E-state index contributed by atoms with van der Waals surface area (Å²) in [6, 6.07) is -0.588. The molecular formula is C14H29N3O2. The summed E-state index contributed by atoms with van der Waals surface area (Å²) in [4.78, 5) is 23.8. The Bertz CT molecular complexity index is 308. The molecule has 0 aliphatic rings. The standard InChI is InChI=1S/C14H29N3O2/c1-9(2)7-11(8-15)17-12(18)10(3)16-13(19)14(4,5)6/h9-11H,7-8,15H2,1-6H3,(H,16,19)(H,17,18). The molecule has 2 amide bonds. The maximum atomic E-state index is 12.0. The van der Waals surface area contributed by atoms with Crippen LogP contribution in [0.5, 0.6) is 0 Å². The first-order valence-corrected chi connectivity index (χ1v) is 6.89. The Morgan fingerprint density at radius 1 is 1.11 bits per heavy atom. The largest absolute Gasteiger partial charge is 0.350 e. The van der Waals surface area contributed by atoms with Crippen LogP contribution >= 0.6 is 0 Å². The van der Waals surface area contributed by atoms with Gasteiger partial charge in [-0.05, 0) is 19.3 Å². The highest BCUT2D eigenvalue weighted by atomic mass is 16.2. The number of carbonyl (C=O) groups is 2. The Labute approximate surface area is 116 Å². The van der Waals surface area contributed by atoms with Crippen molar-refractivity contribution in [2.75, 3.05) is 6.54 Å². The second-order valence-electron chi connectivity index (χ2n) is 6.52. The van der Waals surface area contributed by atoms with Crippen molar-refractivity contribution in [3.63, 3.8) is 0 Å². The molecule has 0 spiro atoms. The van der Waals surface area contributed by atoms with Crippen LogP contribution in [0.1, 0.15) is 48.0 Å². The first-order chi connectivity index (χ1) is 8.57. The van der Waals surface area contributed by atoms with Crippen LogP contribution in [0, 0.1) is 11.3 Å². The van der Waals surface area contributed by atoms with Crippen molar-refractivity contribution >= 4 is 11.8 Å². The summed E-state index contributed by atoms with van der Waals surface area (Å²) in [6.45, 7) is 11.7. The minimum Gasteiger partial charge on any atom is -0.350 e. The summed E-state index contributed by atoms with van der Waals surface area (Å²) in [7, 11) is 0. The van der Waals surface area contributed by atoms with Gasteiger partial charge in [-0.2, -0.15) is 0 Å². The third-order valence-corrected chi connectivity index (χ3v) is 2.81. The normalized spacial score (nSPS) is 14.9. The predicted molar refractivity (Wildman–Crippen MR) is 77.5 cm³/mol. The van der Waals surface area contributed by atoms with Gasteiger partial charge in [0, 0.05) is 18.0 Å². The Hall–Kier alpha value is -1.10. The molecule has 0 aliphatic heterocycles. The van der Waals surface area contributed by atoms with Crippen molar-refractivity contribution in [3.8, 4) is 0 Å². The molecule has 5 nitrogen and oxygen atoms in total. The van der Waals surface area contributed by atoms with E-state index in [2.05, 4.69) is 24.5 Å². The first-order valence-electron chi connectivity index (χ1n) is 6.89. The molecule has 4 N–H and O–H groups in total. The van der Waals surface area contributed by atoms with E-state index in [1.165, 1.54) is 0 Å². The van der Waals surface area contributed by atoms with Crippen LogP contribution in [0.3, 0.4) is 0 Å². The molecule has 2 atom stereocenters. The second-order valence-corrected chi connectivity index (χ2v) is 6.52. The third kappa shape index (κ3) is 7.15. The Balaban J connectivity index is 4.37. The summed E-state index contributed by atoms with van der Waals surface area (Å²) < 4.78 is 0. The van der Waals surface area contributed by atoms with Crippen molar-refractivity contribution < 1.29 is 9.59 Å². The zero-order chi connectivity index (χ0) is 15.2. The lowest BCUT2D eigenvalue weighted by Gasteiger charge is -2.24. The molecule has 0 aliphatic carbocycles. The number of hydrogen-bond acceptors (Lipinski definition) is 3. The number of hydrogen-bond donors (Lipinski definition) is 3. The maximum absolute atomic E-state index is 12.0. The van der Waals surface area contributed by atoms with Crippen LogP contribution in [0.15, 0.2) is 0 Å². The van der Waals surface area contributed by atoms with Gasteiger partial charge >= 0.3 is 0 Å². The molecule has 5 heteroatoms. The van der Waals surface area contributed by atoms with Crippen molar-refractivity contribution in [3.05, 3.63) is 0 Å². The van der Waals surface area contributed by atoms with Crippen LogP contribution in [0.2, 0.25) is 0 Å². The van der Waals surface area contributed by atoms with Crippen molar-refractivity contribution in [2.45, 2.75) is 60.0 Å². The zero-order valence-corrected chi connectivity index (χ0v) is 13.0. The average Bonchev–Trinajstić information content (AvgIpc) is 2.25. The molecule has 0 rings (SSSR count). The van der Waals surface area contributed by atoms with Crippen LogP contribution < -0.4 is 16.4 Å². The van der Waals surface area contributed by atoms with Gasteiger partial charge in [-0.15, -0.1) is 0 Å². The molecule has 0 radical (unpaired) electrons. The van der Waals surface area contributed by atoms with E-state index in [0.717, 1.165) is 6.42 Å². The van der Waals surface area contributed by atoms with E-state index < -0.39 is 11.5 Å². The smallest absolute Gasteiger partial charge is 0.242 e. The van der Waals surface area contributed by atoms with Crippen LogP contribution in [0.25, 0.3) is 0 Å². The number of nitrogens with one attached hydrogen (secondary N) is 2. The Morgan fingerprint density at radius 3 is 2.00 bits per heavy atom. The number of carbonyl (C=O) groups excluding carboxylic acids is 2. The molecular weight excluding hydrogens is 242 g/mol. The lowest BCUT2D eigenvalue weighted by Crippen LogP contribution is -2.52. The highest BCUT2D eigenvalue weighted by Crippen LogP contribution is 2.12. The SMILES string of the molecule is CC(C)CC(CN)NC(=O)C(C)NC(=O)C(C)(C)C. The van der Waals surface area contributed by atoms with Gasteiger partial charge in [0.2, 0.25) is 11.8 Å². The van der Waals surface area contributed by atoms with E-state index >= 15 is 0 Å². The molecule has 0 aromatic heterocycles. The van der Waals surface area contributed by atoms with Gasteiger partial charge in [0.15, 0.2) is 0 Å². The van der Waals surface area contributed by atoms with Gasteiger partial charge in [0.05, 0.1) is 0 Å². The van der Waals surface area contributed by atoms with Gasteiger partial charge in [-0.25, -0.2) is 0 Å². The molecule has 0 saturated carbocycles. The molecule has 0 aromatic rings. The van der Waals surface area contributed by atoms with E-state index in [-0.39, 0.29) is 17.9 Å². The van der Waals surface area contributed by atoms with Crippen LogP contribution in [-0.2, 0) is 9.59 Å². The number of rotatable bonds is 6. The van der Waals surface area contributed by atoms with Crippen LogP contribution in [0.4, 0.5) is 0 Å². The summed E-state index contributed by atoms with van der Waals surface area (Å²) in [5.74, 6) is 0.144. The monoisotopic (exact) mass is 271 g/mol. The third-order valence-electron chi connectivity index (χ3n) is 2.81. The molecule has 0 bridgehead atoms. The zero-order valence-electron chi connectivity index (χ0n) is 13.0. The lowest BCUT2D eigenvalue weighted by molar-refractivity contribution is -0.133. The molecule has 0 aromatic carbocycles. The fraction of sp³-hybridized carbons (Fsp3) is 0.857. The molecule has 0 saturated heterocycles. The topological polar surface area (TPSA) is 84.2 Å². The predicted octanol–water partition coefficient (Wildman–Crippen LogP) is 1.03. The first kappa shape index (κ1) is 17.9. The van der Waals surface area contributed by atoms with Gasteiger partial charge in [0.25, 0.3) is 0 Å². The summed E-state index contributed by atoms with van der Waals surface area (Å²) >= 11 is 0. The molecule has 2 unspecified atom stereocenters. The fourth-order valence-corrected chi connectivity index (χ4v) is 1.59. The van der Waals surface area contributed by atoms with Crippen molar-refractivity contribution in [2.24, 2.45) is 17.1 Å². The Kier molecular flexibility index (Phi) is 7.05. The van der Waals surface area contributed by atoms with Gasteiger partial charge in [-0.1, -0.05) is 34.6 Å². The second kappa shape index (κ2) is 7.48. The highest BCUT2D eigenvalue weighted by Gasteiger charge is 2.25. The average molecular weight is 271 g/mol. The van der Waals surface area contributed by atoms with Crippen molar-refractivity contribution in [1.82, 2.24) is 10.6 Å². The van der Waals surface area contributed by atoms with Gasteiger partial charge < -0.3 is 16.4 Å². The lowest BCUT2D eigenvalue weighted by atomic mass is 9.95. The summed E-state index contributed by atoms with van der Waals surface area (Å²) in [5, 5.41) is 5.59. The van der Waals surface area contributed by atoms with E-state index in [4.69, 9.17) is 5.73 Å². The van der Waals surface area contributed by atoms with Crippen LogP contribution in [-0.4, -0.2) is 30.4 Å². The maximum Gasteiger partial charge on any atom is 0.242 e. The highest BCUT2D eigenvalue weighted by molar-refractivity contribution is 5.89. The minimum atomic E-state index is -0.548.